The van der Waals surface area contributed by atoms with E-state index < -0.39 is 0 Å². The maximum Gasteiger partial charge on any atom is 0.240 e. The summed E-state index contributed by atoms with van der Waals surface area (Å²) in [6, 6.07) is 0.805. The van der Waals surface area contributed by atoms with Crippen molar-refractivity contribution in [3.63, 3.8) is 0 Å². The lowest BCUT2D eigenvalue weighted by atomic mass is 10.2. The van der Waals surface area contributed by atoms with Gasteiger partial charge in [0.1, 0.15) is 0 Å². The Morgan fingerprint density at radius 2 is 2.06 bits per heavy atom. The SMILES string of the molecule is CN(CC(=O)NC1CC1)C1CCN(C2CC2)C1=O. The highest BCUT2D eigenvalue weighted by atomic mass is 16.2. The lowest BCUT2D eigenvalue weighted by Gasteiger charge is -2.23. The van der Waals surface area contributed by atoms with Gasteiger partial charge >= 0.3 is 0 Å². The van der Waals surface area contributed by atoms with Crippen molar-refractivity contribution in [2.45, 2.75) is 50.2 Å². The third-order valence-electron chi connectivity index (χ3n) is 4.07. The summed E-state index contributed by atoms with van der Waals surface area (Å²) in [6.45, 7) is 1.20. The molecule has 1 aliphatic heterocycles. The quantitative estimate of drug-likeness (QED) is 0.746. The van der Waals surface area contributed by atoms with E-state index in [0.717, 1.165) is 38.6 Å². The van der Waals surface area contributed by atoms with Gasteiger partial charge in [0.05, 0.1) is 12.6 Å². The molecular formula is C13H21N3O2. The van der Waals surface area contributed by atoms with E-state index in [9.17, 15) is 9.59 Å². The summed E-state index contributed by atoms with van der Waals surface area (Å²) in [6.07, 6.45) is 5.39. The van der Waals surface area contributed by atoms with Crippen molar-refractivity contribution in [2.75, 3.05) is 20.1 Å². The van der Waals surface area contributed by atoms with Gasteiger partial charge in [0, 0.05) is 18.6 Å². The van der Waals surface area contributed by atoms with Gasteiger partial charge in [-0.15, -0.1) is 0 Å². The average molecular weight is 251 g/mol. The van der Waals surface area contributed by atoms with Crippen LogP contribution in [-0.4, -0.2) is 59.9 Å². The molecule has 2 aliphatic carbocycles. The van der Waals surface area contributed by atoms with Gasteiger partial charge in [-0.25, -0.2) is 0 Å². The van der Waals surface area contributed by atoms with Gasteiger partial charge in [-0.3, -0.25) is 14.5 Å². The van der Waals surface area contributed by atoms with Crippen LogP contribution in [0.25, 0.3) is 0 Å². The highest BCUT2D eigenvalue weighted by Crippen LogP contribution is 2.31. The number of nitrogens with zero attached hydrogens (tertiary/aromatic N) is 2. The molecule has 0 radical (unpaired) electrons. The van der Waals surface area contributed by atoms with Crippen LogP contribution in [-0.2, 0) is 9.59 Å². The highest BCUT2D eigenvalue weighted by Gasteiger charge is 2.42. The Balaban J connectivity index is 1.50. The fourth-order valence-corrected chi connectivity index (χ4v) is 2.68. The third kappa shape index (κ3) is 2.51. The van der Waals surface area contributed by atoms with Crippen molar-refractivity contribution in [1.82, 2.24) is 15.1 Å². The van der Waals surface area contributed by atoms with Crippen molar-refractivity contribution < 1.29 is 9.59 Å². The maximum atomic E-state index is 12.2. The van der Waals surface area contributed by atoms with E-state index in [1.807, 2.05) is 16.8 Å². The summed E-state index contributed by atoms with van der Waals surface area (Å²) >= 11 is 0. The minimum atomic E-state index is -0.0875. The molecule has 3 rings (SSSR count). The summed E-state index contributed by atoms with van der Waals surface area (Å²) in [7, 11) is 1.88. The Labute approximate surface area is 107 Å². The summed E-state index contributed by atoms with van der Waals surface area (Å²) in [5, 5.41) is 2.96. The van der Waals surface area contributed by atoms with Crippen molar-refractivity contribution in [3.05, 3.63) is 0 Å². The van der Waals surface area contributed by atoms with Crippen molar-refractivity contribution >= 4 is 11.8 Å². The minimum Gasteiger partial charge on any atom is -0.352 e. The Morgan fingerprint density at radius 1 is 1.33 bits per heavy atom. The molecule has 18 heavy (non-hydrogen) atoms. The molecule has 0 bridgehead atoms. The first kappa shape index (κ1) is 12.0. The second-order valence-corrected chi connectivity index (χ2v) is 5.82. The zero-order valence-electron chi connectivity index (χ0n) is 10.9. The monoisotopic (exact) mass is 251 g/mol. The van der Waals surface area contributed by atoms with Gasteiger partial charge in [-0.1, -0.05) is 0 Å². The van der Waals surface area contributed by atoms with Gasteiger partial charge in [0.15, 0.2) is 0 Å². The molecule has 3 fully saturated rings. The molecule has 5 heteroatoms. The molecule has 1 heterocycles. The number of hydrogen-bond donors (Lipinski definition) is 1. The van der Waals surface area contributed by atoms with Crippen LogP contribution in [0.4, 0.5) is 0 Å². The molecule has 3 aliphatic rings. The first-order valence-corrected chi connectivity index (χ1v) is 6.95. The zero-order chi connectivity index (χ0) is 12.7. The van der Waals surface area contributed by atoms with Crippen LogP contribution in [0.3, 0.4) is 0 Å². The molecule has 0 aromatic carbocycles. The van der Waals surface area contributed by atoms with Crippen LogP contribution in [0.2, 0.25) is 0 Å². The van der Waals surface area contributed by atoms with Crippen LogP contribution < -0.4 is 5.32 Å². The summed E-state index contributed by atoms with van der Waals surface area (Å²) < 4.78 is 0. The van der Waals surface area contributed by atoms with Crippen LogP contribution in [0.1, 0.15) is 32.1 Å². The molecule has 0 spiro atoms. The van der Waals surface area contributed by atoms with E-state index >= 15 is 0 Å². The van der Waals surface area contributed by atoms with Gasteiger partial charge in [0.2, 0.25) is 11.8 Å². The van der Waals surface area contributed by atoms with Crippen molar-refractivity contribution in [3.8, 4) is 0 Å². The van der Waals surface area contributed by atoms with E-state index in [-0.39, 0.29) is 17.9 Å². The number of likely N-dealkylation sites (tertiary alicyclic amines) is 1. The second-order valence-electron chi connectivity index (χ2n) is 5.82. The van der Waals surface area contributed by atoms with Crippen LogP contribution in [0.15, 0.2) is 0 Å². The van der Waals surface area contributed by atoms with Crippen LogP contribution >= 0.6 is 0 Å². The number of rotatable bonds is 5. The van der Waals surface area contributed by atoms with E-state index in [2.05, 4.69) is 5.32 Å². The molecule has 0 aromatic heterocycles. The molecule has 0 aromatic rings. The smallest absolute Gasteiger partial charge is 0.240 e. The molecule has 1 N–H and O–H groups in total. The molecule has 2 amide bonds. The maximum absolute atomic E-state index is 12.2. The van der Waals surface area contributed by atoms with Gasteiger partial charge in [-0.2, -0.15) is 0 Å². The van der Waals surface area contributed by atoms with Crippen molar-refractivity contribution in [1.29, 1.82) is 0 Å². The number of carbonyl (C=O) groups is 2. The largest absolute Gasteiger partial charge is 0.352 e. The standard InChI is InChI=1S/C13H21N3O2/c1-15(8-12(17)14-9-2-3-9)11-6-7-16(13(11)18)10-4-5-10/h9-11H,2-8H2,1H3,(H,14,17). The Morgan fingerprint density at radius 3 is 2.67 bits per heavy atom. The highest BCUT2D eigenvalue weighted by molar-refractivity contribution is 5.86. The second kappa shape index (κ2) is 4.53. The normalized spacial score (nSPS) is 28.0. The third-order valence-corrected chi connectivity index (χ3v) is 4.07. The number of hydrogen-bond acceptors (Lipinski definition) is 3. The Bertz CT molecular complexity index is 363. The molecule has 1 atom stereocenters. The zero-order valence-corrected chi connectivity index (χ0v) is 10.9. The predicted molar refractivity (Wildman–Crippen MR) is 66.9 cm³/mol. The first-order chi connectivity index (χ1) is 8.65. The van der Waals surface area contributed by atoms with E-state index in [1.165, 1.54) is 0 Å². The van der Waals surface area contributed by atoms with E-state index in [1.54, 1.807) is 0 Å². The first-order valence-electron chi connectivity index (χ1n) is 6.95. The van der Waals surface area contributed by atoms with Gasteiger partial charge in [0.25, 0.3) is 0 Å². The van der Waals surface area contributed by atoms with Gasteiger partial charge in [-0.05, 0) is 39.2 Å². The fraction of sp³-hybridized carbons (Fsp3) is 0.846. The topological polar surface area (TPSA) is 52.7 Å². The number of nitrogens with one attached hydrogen (secondary N) is 1. The average Bonchev–Trinajstić information content (AvgIpc) is 3.20. The summed E-state index contributed by atoms with van der Waals surface area (Å²) in [5.41, 5.74) is 0. The van der Waals surface area contributed by atoms with Gasteiger partial charge < -0.3 is 10.2 Å². The summed E-state index contributed by atoms with van der Waals surface area (Å²) in [5.74, 6) is 0.275. The Kier molecular flexibility index (Phi) is 3.01. The molecule has 2 saturated carbocycles. The predicted octanol–water partition coefficient (Wildman–Crippen LogP) is -0.0399. The molecular weight excluding hydrogens is 230 g/mol. The number of likely N-dealkylation sites (N-methyl/N-ethyl adjacent to an activating group) is 1. The molecule has 100 valence electrons. The molecule has 5 nitrogen and oxygen atoms in total. The van der Waals surface area contributed by atoms with Crippen LogP contribution in [0, 0.1) is 0 Å². The van der Waals surface area contributed by atoms with Crippen molar-refractivity contribution in [2.24, 2.45) is 0 Å². The van der Waals surface area contributed by atoms with Crippen LogP contribution in [0.5, 0.6) is 0 Å². The minimum absolute atomic E-state index is 0.0534. The van der Waals surface area contributed by atoms with E-state index in [0.29, 0.717) is 18.6 Å². The fourth-order valence-electron chi connectivity index (χ4n) is 2.68. The summed E-state index contributed by atoms with van der Waals surface area (Å²) in [4.78, 5) is 27.8. The lowest BCUT2D eigenvalue weighted by Crippen LogP contribution is -2.45. The lowest BCUT2D eigenvalue weighted by molar-refractivity contribution is -0.133. The number of carbonyl (C=O) groups excluding carboxylic acids is 2. The molecule has 1 saturated heterocycles. The molecule has 1 unspecified atom stereocenters. The number of amides is 2. The Hall–Kier alpha value is -1.10. The van der Waals surface area contributed by atoms with E-state index in [4.69, 9.17) is 0 Å².